The van der Waals surface area contributed by atoms with E-state index in [1.807, 2.05) is 18.2 Å². The Morgan fingerprint density at radius 1 is 1.24 bits per heavy atom. The highest BCUT2D eigenvalue weighted by atomic mass is 32.2. The van der Waals surface area contributed by atoms with E-state index >= 15 is 0 Å². The SMILES string of the molecule is O=C(NCC1CCCC[C@H]1O)C1(Sc2ccccc2)CC1. The molecule has 4 heteroatoms. The minimum absolute atomic E-state index is 0.147. The monoisotopic (exact) mass is 305 g/mol. The fraction of sp³-hybridized carbons (Fsp3) is 0.588. The number of nitrogens with one attached hydrogen (secondary N) is 1. The second-order valence-corrected chi connectivity index (χ2v) is 7.69. The van der Waals surface area contributed by atoms with Crippen molar-refractivity contribution in [3.8, 4) is 0 Å². The predicted molar refractivity (Wildman–Crippen MR) is 85.2 cm³/mol. The molecule has 1 amide bonds. The molecule has 21 heavy (non-hydrogen) atoms. The molecule has 1 aromatic carbocycles. The van der Waals surface area contributed by atoms with Crippen LogP contribution in [-0.4, -0.2) is 28.4 Å². The first kappa shape index (κ1) is 14.9. The van der Waals surface area contributed by atoms with E-state index < -0.39 is 0 Å². The lowest BCUT2D eigenvalue weighted by molar-refractivity contribution is -0.121. The standard InChI is InChI=1S/C17H23NO2S/c19-15-9-5-4-6-13(15)12-18-16(20)17(10-11-17)21-14-7-2-1-3-8-14/h1-3,7-8,13,15,19H,4-6,9-12H2,(H,18,20)/t13?,15-/m1/s1. The van der Waals surface area contributed by atoms with Crippen LogP contribution < -0.4 is 5.32 Å². The van der Waals surface area contributed by atoms with E-state index in [0.29, 0.717) is 6.54 Å². The molecule has 0 aliphatic heterocycles. The summed E-state index contributed by atoms with van der Waals surface area (Å²) in [7, 11) is 0. The van der Waals surface area contributed by atoms with Gasteiger partial charge in [-0.1, -0.05) is 31.0 Å². The zero-order valence-corrected chi connectivity index (χ0v) is 13.1. The summed E-state index contributed by atoms with van der Waals surface area (Å²) in [5.41, 5.74) is 0. The van der Waals surface area contributed by atoms with Crippen LogP contribution in [0, 0.1) is 5.92 Å². The lowest BCUT2D eigenvalue weighted by Crippen LogP contribution is -2.41. The van der Waals surface area contributed by atoms with Gasteiger partial charge in [-0.2, -0.15) is 0 Å². The first-order valence-electron chi connectivity index (χ1n) is 7.90. The maximum absolute atomic E-state index is 12.5. The first-order valence-corrected chi connectivity index (χ1v) is 8.72. The number of carbonyl (C=O) groups is 1. The van der Waals surface area contributed by atoms with E-state index in [2.05, 4.69) is 17.4 Å². The molecule has 2 fully saturated rings. The van der Waals surface area contributed by atoms with Crippen molar-refractivity contribution in [1.82, 2.24) is 5.32 Å². The molecule has 2 aliphatic rings. The van der Waals surface area contributed by atoms with Crippen LogP contribution >= 0.6 is 11.8 Å². The van der Waals surface area contributed by atoms with Crippen LogP contribution in [0.5, 0.6) is 0 Å². The molecule has 2 saturated carbocycles. The number of aliphatic hydroxyl groups excluding tert-OH is 1. The highest BCUT2D eigenvalue weighted by molar-refractivity contribution is 8.01. The van der Waals surface area contributed by atoms with Gasteiger partial charge in [0, 0.05) is 17.4 Å². The minimum atomic E-state index is -0.263. The van der Waals surface area contributed by atoms with Gasteiger partial charge in [0.2, 0.25) is 5.91 Å². The Morgan fingerprint density at radius 3 is 2.62 bits per heavy atom. The lowest BCUT2D eigenvalue weighted by atomic mass is 9.86. The summed E-state index contributed by atoms with van der Waals surface area (Å²) in [6.07, 6.45) is 5.85. The van der Waals surface area contributed by atoms with Crippen molar-refractivity contribution >= 4 is 17.7 Å². The fourth-order valence-electron chi connectivity index (χ4n) is 3.01. The van der Waals surface area contributed by atoms with Gasteiger partial charge in [-0.25, -0.2) is 0 Å². The van der Waals surface area contributed by atoms with E-state index in [4.69, 9.17) is 0 Å². The van der Waals surface area contributed by atoms with Gasteiger partial charge in [-0.3, -0.25) is 4.79 Å². The van der Waals surface area contributed by atoms with Gasteiger partial charge in [0.15, 0.2) is 0 Å². The molecule has 2 N–H and O–H groups in total. The summed E-state index contributed by atoms with van der Waals surface area (Å²) >= 11 is 1.68. The van der Waals surface area contributed by atoms with E-state index in [9.17, 15) is 9.90 Å². The van der Waals surface area contributed by atoms with Gasteiger partial charge in [0.25, 0.3) is 0 Å². The van der Waals surface area contributed by atoms with Crippen LogP contribution in [0.25, 0.3) is 0 Å². The Morgan fingerprint density at radius 2 is 1.95 bits per heavy atom. The Kier molecular flexibility index (Phi) is 4.55. The molecule has 2 atom stereocenters. The van der Waals surface area contributed by atoms with Crippen molar-refractivity contribution in [2.75, 3.05) is 6.54 Å². The Labute approximate surface area is 130 Å². The summed E-state index contributed by atoms with van der Waals surface area (Å²) < 4.78 is -0.263. The summed E-state index contributed by atoms with van der Waals surface area (Å²) in [6.45, 7) is 0.622. The molecule has 0 radical (unpaired) electrons. The summed E-state index contributed by atoms with van der Waals surface area (Å²) in [6, 6.07) is 10.1. The van der Waals surface area contributed by atoms with Crippen molar-refractivity contribution in [3.63, 3.8) is 0 Å². The average molecular weight is 305 g/mol. The van der Waals surface area contributed by atoms with Gasteiger partial charge in [-0.15, -0.1) is 11.8 Å². The fourth-order valence-corrected chi connectivity index (χ4v) is 4.23. The van der Waals surface area contributed by atoms with Gasteiger partial charge >= 0.3 is 0 Å². The topological polar surface area (TPSA) is 49.3 Å². The van der Waals surface area contributed by atoms with Gasteiger partial charge in [0.1, 0.15) is 0 Å². The molecule has 3 nitrogen and oxygen atoms in total. The number of hydrogen-bond donors (Lipinski definition) is 2. The lowest BCUT2D eigenvalue weighted by Gasteiger charge is -2.28. The third-order valence-electron chi connectivity index (χ3n) is 4.57. The highest BCUT2D eigenvalue weighted by Crippen LogP contribution is 2.51. The number of thioether (sulfide) groups is 1. The van der Waals surface area contributed by atoms with Gasteiger partial charge in [-0.05, 0) is 37.8 Å². The quantitative estimate of drug-likeness (QED) is 0.879. The number of benzene rings is 1. The molecule has 1 unspecified atom stereocenters. The maximum Gasteiger partial charge on any atom is 0.236 e. The molecule has 0 spiro atoms. The number of hydrogen-bond acceptors (Lipinski definition) is 3. The number of aliphatic hydroxyl groups is 1. The summed E-state index contributed by atoms with van der Waals surface area (Å²) in [4.78, 5) is 13.6. The molecule has 1 aromatic rings. The maximum atomic E-state index is 12.5. The van der Waals surface area contributed by atoms with E-state index in [1.54, 1.807) is 11.8 Å². The van der Waals surface area contributed by atoms with Crippen molar-refractivity contribution in [2.45, 2.75) is 54.3 Å². The first-order chi connectivity index (χ1) is 10.2. The average Bonchev–Trinajstić information content (AvgIpc) is 3.28. The minimum Gasteiger partial charge on any atom is -0.393 e. The van der Waals surface area contributed by atoms with Gasteiger partial charge in [0.05, 0.1) is 10.9 Å². The van der Waals surface area contributed by atoms with Crippen LogP contribution in [0.2, 0.25) is 0 Å². The van der Waals surface area contributed by atoms with Crippen molar-refractivity contribution in [3.05, 3.63) is 30.3 Å². The van der Waals surface area contributed by atoms with Gasteiger partial charge < -0.3 is 10.4 Å². The summed E-state index contributed by atoms with van der Waals surface area (Å²) in [5, 5.41) is 13.1. The number of rotatable bonds is 5. The molecule has 0 bridgehead atoms. The zero-order valence-electron chi connectivity index (χ0n) is 12.3. The van der Waals surface area contributed by atoms with Crippen molar-refractivity contribution in [1.29, 1.82) is 0 Å². The normalized spacial score (nSPS) is 27.1. The van der Waals surface area contributed by atoms with Crippen molar-refractivity contribution < 1.29 is 9.90 Å². The van der Waals surface area contributed by atoms with E-state index in [-0.39, 0.29) is 22.7 Å². The molecular formula is C17H23NO2S. The van der Waals surface area contributed by atoms with Crippen LogP contribution in [0.3, 0.4) is 0 Å². The van der Waals surface area contributed by atoms with Crippen LogP contribution in [0.1, 0.15) is 38.5 Å². The molecule has 114 valence electrons. The molecule has 3 rings (SSSR count). The van der Waals surface area contributed by atoms with E-state index in [0.717, 1.165) is 37.0 Å². The third-order valence-corrected chi connectivity index (χ3v) is 6.06. The third kappa shape index (κ3) is 3.61. The molecule has 0 heterocycles. The predicted octanol–water partition coefficient (Wildman–Crippen LogP) is 2.98. The van der Waals surface area contributed by atoms with Crippen molar-refractivity contribution in [2.24, 2.45) is 5.92 Å². The Bertz CT molecular complexity index is 487. The second kappa shape index (κ2) is 6.41. The molecule has 0 saturated heterocycles. The smallest absolute Gasteiger partial charge is 0.236 e. The summed E-state index contributed by atoms with van der Waals surface area (Å²) in [5.74, 6) is 0.384. The highest BCUT2D eigenvalue weighted by Gasteiger charge is 2.50. The van der Waals surface area contributed by atoms with Crippen LogP contribution in [0.15, 0.2) is 35.2 Å². The molecular weight excluding hydrogens is 282 g/mol. The Balaban J connectivity index is 1.53. The zero-order chi connectivity index (χ0) is 14.7. The van der Waals surface area contributed by atoms with Crippen LogP contribution in [-0.2, 0) is 4.79 Å². The largest absolute Gasteiger partial charge is 0.393 e. The number of amides is 1. The second-order valence-electron chi connectivity index (χ2n) is 6.23. The molecule has 0 aromatic heterocycles. The number of carbonyl (C=O) groups excluding carboxylic acids is 1. The van der Waals surface area contributed by atoms with E-state index in [1.165, 1.54) is 6.42 Å². The Hall–Kier alpha value is -1.00. The molecule has 2 aliphatic carbocycles. The van der Waals surface area contributed by atoms with Crippen LogP contribution in [0.4, 0.5) is 0 Å².